The van der Waals surface area contributed by atoms with Crippen LogP contribution in [0.25, 0.3) is 0 Å². The van der Waals surface area contributed by atoms with E-state index in [2.05, 4.69) is 15.7 Å². The Labute approximate surface area is 163 Å². The van der Waals surface area contributed by atoms with Crippen LogP contribution >= 0.6 is 23.2 Å². The lowest BCUT2D eigenvalue weighted by molar-refractivity contribution is -0.00756. The number of aromatic nitrogens is 2. The number of hydrogen-bond donors (Lipinski definition) is 2. The van der Waals surface area contributed by atoms with Crippen molar-refractivity contribution in [2.24, 2.45) is 0 Å². The summed E-state index contributed by atoms with van der Waals surface area (Å²) in [5.74, 6) is 1.29. The fraction of sp³-hybridized carbons (Fsp3) is 0.526. The van der Waals surface area contributed by atoms with Gasteiger partial charge in [-0.3, -0.25) is 4.90 Å². The summed E-state index contributed by atoms with van der Waals surface area (Å²) < 4.78 is 2.15. The predicted molar refractivity (Wildman–Crippen MR) is 102 cm³/mol. The number of phenols is 1. The Morgan fingerprint density at radius 3 is 2.69 bits per heavy atom. The summed E-state index contributed by atoms with van der Waals surface area (Å²) in [6.07, 6.45) is 4.43. The van der Waals surface area contributed by atoms with Crippen LogP contribution in [0.4, 0.5) is 0 Å². The maximum Gasteiger partial charge on any atom is 0.120 e. The van der Waals surface area contributed by atoms with Crippen molar-refractivity contribution in [3.63, 3.8) is 0 Å². The zero-order valence-corrected chi connectivity index (χ0v) is 16.3. The molecule has 1 unspecified atom stereocenters. The Hall–Kier alpha value is -1.27. The van der Waals surface area contributed by atoms with E-state index in [9.17, 15) is 10.2 Å². The van der Waals surface area contributed by atoms with E-state index in [1.807, 2.05) is 6.92 Å². The number of aliphatic hydroxyl groups is 1. The van der Waals surface area contributed by atoms with E-state index in [0.717, 1.165) is 57.0 Å². The van der Waals surface area contributed by atoms with Crippen molar-refractivity contribution >= 4 is 23.2 Å². The highest BCUT2D eigenvalue weighted by atomic mass is 35.5. The monoisotopic (exact) mass is 395 g/mol. The van der Waals surface area contributed by atoms with Crippen LogP contribution in [0.15, 0.2) is 18.3 Å². The van der Waals surface area contributed by atoms with Gasteiger partial charge in [0.1, 0.15) is 11.6 Å². The third-order valence-corrected chi connectivity index (χ3v) is 6.41. The van der Waals surface area contributed by atoms with Gasteiger partial charge in [0, 0.05) is 50.3 Å². The number of nitrogens with zero attached hydrogens (tertiary/aromatic N) is 3. The number of halogens is 2. The number of hydrogen-bond acceptors (Lipinski definition) is 4. The molecule has 0 amide bonds. The third kappa shape index (κ3) is 3.46. The van der Waals surface area contributed by atoms with Crippen LogP contribution in [0.1, 0.15) is 42.8 Å². The first-order valence-corrected chi connectivity index (χ1v) is 9.74. The van der Waals surface area contributed by atoms with Gasteiger partial charge in [-0.25, -0.2) is 4.98 Å². The Kier molecular flexibility index (Phi) is 4.68. The van der Waals surface area contributed by atoms with Gasteiger partial charge < -0.3 is 14.8 Å². The van der Waals surface area contributed by atoms with E-state index in [1.54, 1.807) is 12.1 Å². The molecule has 1 fully saturated rings. The molecule has 26 heavy (non-hydrogen) atoms. The minimum absolute atomic E-state index is 0.0860. The Bertz CT molecular complexity index is 801. The molecule has 0 spiro atoms. The normalized spacial score (nSPS) is 22.5. The number of benzene rings is 1. The Morgan fingerprint density at radius 2 is 2.00 bits per heavy atom. The summed E-state index contributed by atoms with van der Waals surface area (Å²) in [6.45, 7) is 5.24. The molecule has 0 saturated carbocycles. The second-order valence-electron chi connectivity index (χ2n) is 7.77. The maximum atomic E-state index is 10.2. The van der Waals surface area contributed by atoms with Crippen molar-refractivity contribution < 1.29 is 10.2 Å². The van der Waals surface area contributed by atoms with Crippen LogP contribution in [-0.4, -0.2) is 43.4 Å². The highest BCUT2D eigenvalue weighted by Crippen LogP contribution is 2.41. The zero-order valence-electron chi connectivity index (χ0n) is 14.8. The van der Waals surface area contributed by atoms with Crippen molar-refractivity contribution in [2.45, 2.75) is 50.8 Å². The van der Waals surface area contributed by atoms with Gasteiger partial charge in [0.05, 0.1) is 21.3 Å². The molecule has 2 N–H and O–H groups in total. The van der Waals surface area contributed by atoms with Crippen molar-refractivity contribution in [3.05, 3.63) is 45.5 Å². The first-order valence-electron chi connectivity index (χ1n) is 8.99. The van der Waals surface area contributed by atoms with Gasteiger partial charge in [-0.05, 0) is 31.9 Å². The summed E-state index contributed by atoms with van der Waals surface area (Å²) in [7, 11) is 0. The topological polar surface area (TPSA) is 61.5 Å². The Morgan fingerprint density at radius 1 is 1.27 bits per heavy atom. The van der Waals surface area contributed by atoms with Crippen LogP contribution in [0.2, 0.25) is 10.0 Å². The van der Waals surface area contributed by atoms with Gasteiger partial charge in [-0.1, -0.05) is 23.2 Å². The molecule has 2 aromatic rings. The molecule has 0 bridgehead atoms. The number of aromatic hydroxyl groups is 1. The van der Waals surface area contributed by atoms with E-state index in [1.165, 1.54) is 0 Å². The first-order chi connectivity index (χ1) is 12.3. The van der Waals surface area contributed by atoms with E-state index in [4.69, 9.17) is 28.2 Å². The number of likely N-dealkylation sites (tertiary alicyclic amines) is 1. The van der Waals surface area contributed by atoms with Crippen LogP contribution < -0.4 is 0 Å². The second-order valence-corrected chi connectivity index (χ2v) is 8.55. The fourth-order valence-electron chi connectivity index (χ4n) is 3.99. The molecule has 1 aromatic carbocycles. The van der Waals surface area contributed by atoms with Crippen LogP contribution in [-0.2, 0) is 19.5 Å². The van der Waals surface area contributed by atoms with Crippen molar-refractivity contribution in [1.29, 1.82) is 0 Å². The minimum Gasteiger partial charge on any atom is -0.508 e. The van der Waals surface area contributed by atoms with Crippen LogP contribution in [0.5, 0.6) is 5.75 Å². The van der Waals surface area contributed by atoms with Gasteiger partial charge >= 0.3 is 0 Å². The second kappa shape index (κ2) is 6.71. The summed E-state index contributed by atoms with van der Waals surface area (Å²) in [5.41, 5.74) is 1.24. The smallest absolute Gasteiger partial charge is 0.120 e. The van der Waals surface area contributed by atoms with E-state index >= 15 is 0 Å². The molecule has 3 heterocycles. The summed E-state index contributed by atoms with van der Waals surface area (Å²) in [6, 6.07) is 3.21. The van der Waals surface area contributed by atoms with Gasteiger partial charge in [-0.2, -0.15) is 0 Å². The van der Waals surface area contributed by atoms with Gasteiger partial charge in [0.2, 0.25) is 0 Å². The summed E-state index contributed by atoms with van der Waals surface area (Å²) in [4.78, 5) is 7.12. The molecule has 1 atom stereocenters. The average Bonchev–Trinajstić information content (AvgIpc) is 3.12. The standard InChI is InChI=1S/C19H23Cl2N3O2/c1-19(26)4-6-23(7-5-19)10-13-11-24-9-12(8-16(24)22-13)17-15(25)3-2-14(20)18(17)21/h2-3,11-12,25-26H,4-10H2,1H3. The molecule has 1 aromatic heterocycles. The highest BCUT2D eigenvalue weighted by Gasteiger charge is 2.31. The minimum atomic E-state index is -0.530. The van der Waals surface area contributed by atoms with Gasteiger partial charge in [-0.15, -0.1) is 0 Å². The highest BCUT2D eigenvalue weighted by molar-refractivity contribution is 6.42. The predicted octanol–water partition coefficient (Wildman–Crippen LogP) is 3.58. The maximum absolute atomic E-state index is 10.2. The fourth-order valence-corrected chi connectivity index (χ4v) is 4.47. The molecule has 140 valence electrons. The van der Waals surface area contributed by atoms with Gasteiger partial charge in [0.15, 0.2) is 0 Å². The number of fused-ring (bicyclic) bond motifs is 1. The van der Waals surface area contributed by atoms with Crippen molar-refractivity contribution in [3.8, 4) is 5.75 Å². The van der Waals surface area contributed by atoms with Crippen molar-refractivity contribution in [1.82, 2.24) is 14.5 Å². The van der Waals surface area contributed by atoms with Crippen LogP contribution in [0, 0.1) is 0 Å². The molecule has 7 heteroatoms. The lowest BCUT2D eigenvalue weighted by Crippen LogP contribution is -2.42. The van der Waals surface area contributed by atoms with Crippen molar-refractivity contribution in [2.75, 3.05) is 13.1 Å². The van der Waals surface area contributed by atoms with E-state index in [0.29, 0.717) is 15.6 Å². The van der Waals surface area contributed by atoms with E-state index in [-0.39, 0.29) is 11.7 Å². The molecule has 2 aliphatic rings. The molecule has 5 nitrogen and oxygen atoms in total. The summed E-state index contributed by atoms with van der Waals surface area (Å²) >= 11 is 12.4. The quantitative estimate of drug-likeness (QED) is 0.833. The average molecular weight is 396 g/mol. The zero-order chi connectivity index (χ0) is 18.5. The molecule has 0 radical (unpaired) electrons. The molecule has 2 aliphatic heterocycles. The van der Waals surface area contributed by atoms with Gasteiger partial charge in [0.25, 0.3) is 0 Å². The largest absolute Gasteiger partial charge is 0.508 e. The number of imidazole rings is 1. The number of phenolic OH excluding ortho intramolecular Hbond substituents is 1. The molecule has 4 rings (SSSR count). The lowest BCUT2D eigenvalue weighted by atomic mass is 9.94. The number of piperidine rings is 1. The summed E-state index contributed by atoms with van der Waals surface area (Å²) in [5, 5.41) is 21.2. The first kappa shape index (κ1) is 18.1. The SMILES string of the molecule is CC1(O)CCN(Cc2cn3c(n2)CC(c2c(O)ccc(Cl)c2Cl)C3)CC1. The molecular weight excluding hydrogens is 373 g/mol. The van der Waals surface area contributed by atoms with Crippen LogP contribution in [0.3, 0.4) is 0 Å². The number of rotatable bonds is 3. The Balaban J connectivity index is 1.44. The lowest BCUT2D eigenvalue weighted by Gasteiger charge is -2.35. The molecule has 1 saturated heterocycles. The molecule has 0 aliphatic carbocycles. The van der Waals surface area contributed by atoms with E-state index < -0.39 is 5.60 Å². The third-order valence-electron chi connectivity index (χ3n) is 5.59. The molecular formula is C19H23Cl2N3O2.